The van der Waals surface area contributed by atoms with E-state index in [2.05, 4.69) is 12.1 Å². The van der Waals surface area contributed by atoms with Gasteiger partial charge < -0.3 is 19.3 Å². The molecule has 152 valence electrons. The first-order valence-electron chi connectivity index (χ1n) is 10.3. The summed E-state index contributed by atoms with van der Waals surface area (Å²) >= 11 is 0. The molecule has 0 saturated carbocycles. The van der Waals surface area contributed by atoms with Crippen molar-refractivity contribution in [2.24, 2.45) is 0 Å². The lowest BCUT2D eigenvalue weighted by Gasteiger charge is -2.18. The summed E-state index contributed by atoms with van der Waals surface area (Å²) in [5.74, 6) is 1.88. The third-order valence-corrected chi connectivity index (χ3v) is 5.56. The van der Waals surface area contributed by atoms with E-state index < -0.39 is 0 Å². The summed E-state index contributed by atoms with van der Waals surface area (Å²) in [6, 6.07) is 11.9. The molecule has 0 spiro atoms. The second-order valence-electron chi connectivity index (χ2n) is 7.30. The topological polar surface area (TPSA) is 67.6 Å². The molecule has 0 radical (unpaired) electrons. The number of benzene rings is 2. The SMILES string of the molecule is CCN(CC)C(=O)c1ccc2c(c1)nc(Cc1ccc3c(c1)CCO3)n2CCO. The van der Waals surface area contributed by atoms with Gasteiger partial charge in [-0.1, -0.05) is 12.1 Å². The van der Waals surface area contributed by atoms with E-state index in [0.29, 0.717) is 31.6 Å². The molecule has 0 saturated heterocycles. The number of aliphatic hydroxyl groups is 1. The fraction of sp³-hybridized carbons (Fsp3) is 0.391. The van der Waals surface area contributed by atoms with Crippen molar-refractivity contribution in [3.63, 3.8) is 0 Å². The monoisotopic (exact) mass is 393 g/mol. The molecule has 0 atom stereocenters. The molecule has 1 amide bonds. The first kappa shape index (κ1) is 19.5. The Morgan fingerprint density at radius 1 is 1.21 bits per heavy atom. The van der Waals surface area contributed by atoms with Crippen molar-refractivity contribution in [2.75, 3.05) is 26.3 Å². The number of hydrogen-bond donors (Lipinski definition) is 1. The van der Waals surface area contributed by atoms with Gasteiger partial charge in [-0.15, -0.1) is 0 Å². The Morgan fingerprint density at radius 2 is 2.03 bits per heavy atom. The number of nitrogens with zero attached hydrogens (tertiary/aromatic N) is 3. The molecule has 6 nitrogen and oxygen atoms in total. The Morgan fingerprint density at radius 3 is 2.79 bits per heavy atom. The van der Waals surface area contributed by atoms with Crippen molar-refractivity contribution >= 4 is 16.9 Å². The van der Waals surface area contributed by atoms with Gasteiger partial charge in [0.2, 0.25) is 0 Å². The molecule has 1 aliphatic rings. The van der Waals surface area contributed by atoms with E-state index in [0.717, 1.165) is 35.6 Å². The number of amides is 1. The summed E-state index contributed by atoms with van der Waals surface area (Å²) in [4.78, 5) is 19.3. The van der Waals surface area contributed by atoms with Gasteiger partial charge in [0.1, 0.15) is 11.6 Å². The van der Waals surface area contributed by atoms with E-state index >= 15 is 0 Å². The predicted octanol–water partition coefficient (Wildman–Crippen LogP) is 3.04. The second-order valence-corrected chi connectivity index (χ2v) is 7.30. The van der Waals surface area contributed by atoms with Gasteiger partial charge in [-0.05, 0) is 49.2 Å². The van der Waals surface area contributed by atoms with E-state index in [4.69, 9.17) is 9.72 Å². The number of imidazole rings is 1. The molecular weight excluding hydrogens is 366 g/mol. The van der Waals surface area contributed by atoms with Gasteiger partial charge in [0, 0.05) is 38.0 Å². The highest BCUT2D eigenvalue weighted by atomic mass is 16.5. The highest BCUT2D eigenvalue weighted by Gasteiger charge is 2.18. The molecular formula is C23H27N3O3. The maximum Gasteiger partial charge on any atom is 0.253 e. The number of aliphatic hydroxyl groups excluding tert-OH is 1. The van der Waals surface area contributed by atoms with Crippen LogP contribution in [0.4, 0.5) is 0 Å². The zero-order valence-corrected chi connectivity index (χ0v) is 17.0. The zero-order valence-electron chi connectivity index (χ0n) is 17.0. The normalized spacial score (nSPS) is 12.8. The summed E-state index contributed by atoms with van der Waals surface area (Å²) in [5.41, 5.74) is 4.78. The van der Waals surface area contributed by atoms with Crippen LogP contribution in [-0.2, 0) is 19.4 Å². The van der Waals surface area contributed by atoms with Crippen molar-refractivity contribution in [2.45, 2.75) is 33.2 Å². The molecule has 2 aromatic carbocycles. The molecule has 1 N–H and O–H groups in total. The number of carbonyl (C=O) groups excluding carboxylic acids is 1. The van der Waals surface area contributed by atoms with Crippen molar-refractivity contribution in [1.82, 2.24) is 14.5 Å². The van der Waals surface area contributed by atoms with Gasteiger partial charge in [0.05, 0.1) is 24.2 Å². The van der Waals surface area contributed by atoms with Gasteiger partial charge in [0.15, 0.2) is 0 Å². The van der Waals surface area contributed by atoms with E-state index in [1.165, 1.54) is 11.1 Å². The molecule has 2 heterocycles. The van der Waals surface area contributed by atoms with Crippen molar-refractivity contribution < 1.29 is 14.6 Å². The zero-order chi connectivity index (χ0) is 20.4. The second kappa shape index (κ2) is 8.25. The van der Waals surface area contributed by atoms with E-state index in [1.807, 2.05) is 42.7 Å². The molecule has 0 unspecified atom stereocenters. The molecule has 0 fully saturated rings. The minimum Gasteiger partial charge on any atom is -0.493 e. The maximum atomic E-state index is 12.7. The van der Waals surface area contributed by atoms with Gasteiger partial charge in [-0.3, -0.25) is 4.79 Å². The van der Waals surface area contributed by atoms with Crippen LogP contribution in [0.5, 0.6) is 5.75 Å². The molecule has 3 aromatic rings. The summed E-state index contributed by atoms with van der Waals surface area (Å²) in [6.45, 7) is 6.58. The Labute approximate surface area is 170 Å². The summed E-state index contributed by atoms with van der Waals surface area (Å²) < 4.78 is 7.64. The van der Waals surface area contributed by atoms with Crippen LogP contribution < -0.4 is 4.74 Å². The number of hydrogen-bond acceptors (Lipinski definition) is 4. The Hall–Kier alpha value is -2.86. The molecule has 29 heavy (non-hydrogen) atoms. The van der Waals surface area contributed by atoms with Crippen LogP contribution >= 0.6 is 0 Å². The smallest absolute Gasteiger partial charge is 0.253 e. The van der Waals surface area contributed by atoms with Crippen molar-refractivity contribution in [3.8, 4) is 5.75 Å². The predicted molar refractivity (Wildman–Crippen MR) is 113 cm³/mol. The maximum absolute atomic E-state index is 12.7. The van der Waals surface area contributed by atoms with Crippen molar-refractivity contribution in [1.29, 1.82) is 0 Å². The fourth-order valence-corrected chi connectivity index (χ4v) is 4.02. The fourth-order valence-electron chi connectivity index (χ4n) is 4.02. The van der Waals surface area contributed by atoms with Crippen LogP contribution in [0.2, 0.25) is 0 Å². The Bertz CT molecular complexity index is 1040. The lowest BCUT2D eigenvalue weighted by atomic mass is 10.1. The van der Waals surface area contributed by atoms with E-state index in [-0.39, 0.29) is 12.5 Å². The molecule has 1 aromatic heterocycles. The van der Waals surface area contributed by atoms with Gasteiger partial charge in [-0.25, -0.2) is 4.98 Å². The lowest BCUT2D eigenvalue weighted by Crippen LogP contribution is -2.30. The van der Waals surface area contributed by atoms with Crippen LogP contribution in [-0.4, -0.2) is 51.8 Å². The first-order chi connectivity index (χ1) is 14.1. The Kier molecular flexibility index (Phi) is 5.53. The number of carbonyl (C=O) groups is 1. The average Bonchev–Trinajstić information content (AvgIpc) is 3.33. The van der Waals surface area contributed by atoms with Crippen LogP contribution in [0, 0.1) is 0 Å². The third-order valence-electron chi connectivity index (χ3n) is 5.56. The van der Waals surface area contributed by atoms with Crippen LogP contribution in [0.15, 0.2) is 36.4 Å². The number of aromatic nitrogens is 2. The van der Waals surface area contributed by atoms with Gasteiger partial charge in [-0.2, -0.15) is 0 Å². The largest absolute Gasteiger partial charge is 0.493 e. The number of ether oxygens (including phenoxy) is 1. The quantitative estimate of drug-likeness (QED) is 0.670. The summed E-state index contributed by atoms with van der Waals surface area (Å²) in [6.07, 6.45) is 1.61. The third kappa shape index (κ3) is 3.72. The van der Waals surface area contributed by atoms with Crippen molar-refractivity contribution in [3.05, 3.63) is 58.9 Å². The molecule has 4 rings (SSSR count). The van der Waals surface area contributed by atoms with Crippen LogP contribution in [0.25, 0.3) is 11.0 Å². The lowest BCUT2D eigenvalue weighted by molar-refractivity contribution is 0.0773. The van der Waals surface area contributed by atoms with Gasteiger partial charge in [0.25, 0.3) is 5.91 Å². The first-order valence-corrected chi connectivity index (χ1v) is 10.3. The molecule has 0 bridgehead atoms. The molecule has 6 heteroatoms. The minimum atomic E-state index is 0.0220. The summed E-state index contributed by atoms with van der Waals surface area (Å²) in [7, 11) is 0. The van der Waals surface area contributed by atoms with Crippen LogP contribution in [0.3, 0.4) is 0 Å². The standard InChI is InChI=1S/C23H27N3O3/c1-3-25(4-2)23(28)18-6-7-20-19(15-18)24-22(26(20)10-11-27)14-16-5-8-21-17(13-16)9-12-29-21/h5-8,13,15,27H,3-4,9-12,14H2,1-2H3. The highest BCUT2D eigenvalue weighted by molar-refractivity contribution is 5.97. The van der Waals surface area contributed by atoms with Gasteiger partial charge >= 0.3 is 0 Å². The summed E-state index contributed by atoms with van der Waals surface area (Å²) in [5, 5.41) is 9.57. The number of rotatable bonds is 7. The molecule has 0 aliphatic carbocycles. The number of fused-ring (bicyclic) bond motifs is 2. The van der Waals surface area contributed by atoms with E-state index in [1.54, 1.807) is 4.90 Å². The van der Waals surface area contributed by atoms with Crippen LogP contribution in [0.1, 0.15) is 41.2 Å². The average molecular weight is 393 g/mol. The van der Waals surface area contributed by atoms with E-state index in [9.17, 15) is 9.90 Å². The minimum absolute atomic E-state index is 0.0220. The Balaban J connectivity index is 1.69. The highest BCUT2D eigenvalue weighted by Crippen LogP contribution is 2.27. The molecule has 1 aliphatic heterocycles.